The second-order valence-corrected chi connectivity index (χ2v) is 4.89. The molecule has 0 amide bonds. The molecule has 2 heterocycles. The molecule has 1 aromatic heterocycles. The first-order chi connectivity index (χ1) is 9.69. The number of nitriles is 1. The minimum absolute atomic E-state index is 0.0143. The summed E-state index contributed by atoms with van der Waals surface area (Å²) in [6.45, 7) is 0.967. The third-order valence-electron chi connectivity index (χ3n) is 3.52. The van der Waals surface area contributed by atoms with Gasteiger partial charge in [0.15, 0.2) is 0 Å². The van der Waals surface area contributed by atoms with E-state index in [1.165, 1.54) is 16.8 Å². The normalized spacial score (nSPS) is 13.8. The lowest BCUT2D eigenvalue weighted by molar-refractivity contribution is 0.511. The van der Waals surface area contributed by atoms with Crippen molar-refractivity contribution in [3.05, 3.63) is 51.5 Å². The Morgan fingerprint density at radius 3 is 3.00 bits per heavy atom. The monoisotopic (exact) mass is 272 g/mol. The molecule has 0 saturated carbocycles. The van der Waals surface area contributed by atoms with E-state index in [9.17, 15) is 9.18 Å². The Morgan fingerprint density at radius 1 is 1.40 bits per heavy atom. The van der Waals surface area contributed by atoms with Crippen molar-refractivity contribution in [2.75, 3.05) is 0 Å². The quantitative estimate of drug-likeness (QED) is 0.831. The maximum atomic E-state index is 13.3. The highest BCUT2D eigenvalue weighted by Gasteiger charge is 2.16. The van der Waals surface area contributed by atoms with Crippen molar-refractivity contribution in [3.8, 4) is 6.07 Å². The minimum Gasteiger partial charge on any atom is -0.279 e. The van der Waals surface area contributed by atoms with Gasteiger partial charge in [0.25, 0.3) is 0 Å². The molecule has 102 valence electrons. The molecule has 0 aliphatic carbocycles. The van der Waals surface area contributed by atoms with Crippen molar-refractivity contribution in [1.29, 1.82) is 5.26 Å². The van der Waals surface area contributed by atoms with Crippen LogP contribution in [0.2, 0.25) is 0 Å². The van der Waals surface area contributed by atoms with Crippen LogP contribution in [-0.4, -0.2) is 14.3 Å². The van der Waals surface area contributed by atoms with Crippen LogP contribution in [0.1, 0.15) is 29.8 Å². The van der Waals surface area contributed by atoms with Gasteiger partial charge in [-0.25, -0.2) is 13.9 Å². The molecule has 1 aromatic carbocycles. The van der Waals surface area contributed by atoms with Crippen LogP contribution in [0, 0.1) is 17.1 Å². The van der Waals surface area contributed by atoms with Crippen molar-refractivity contribution >= 4 is 0 Å². The Labute approximate surface area is 114 Å². The topological polar surface area (TPSA) is 63.6 Å². The molecule has 0 spiro atoms. The molecule has 0 bridgehead atoms. The van der Waals surface area contributed by atoms with Crippen molar-refractivity contribution in [3.63, 3.8) is 0 Å². The molecule has 1 aliphatic heterocycles. The van der Waals surface area contributed by atoms with Crippen molar-refractivity contribution in [1.82, 2.24) is 14.3 Å². The van der Waals surface area contributed by atoms with Gasteiger partial charge in [-0.15, -0.1) is 0 Å². The van der Waals surface area contributed by atoms with E-state index in [-0.39, 0.29) is 17.8 Å². The summed E-state index contributed by atoms with van der Waals surface area (Å²) in [6.07, 6.45) is 2.86. The molecule has 2 aromatic rings. The Kier molecular flexibility index (Phi) is 3.11. The van der Waals surface area contributed by atoms with E-state index in [0.717, 1.165) is 25.1 Å². The van der Waals surface area contributed by atoms with Crippen LogP contribution >= 0.6 is 0 Å². The van der Waals surface area contributed by atoms with E-state index in [2.05, 4.69) is 5.10 Å². The maximum absolute atomic E-state index is 13.3. The Morgan fingerprint density at radius 2 is 2.25 bits per heavy atom. The minimum atomic E-state index is -0.548. The summed E-state index contributed by atoms with van der Waals surface area (Å²) < 4.78 is 16.3. The van der Waals surface area contributed by atoms with Gasteiger partial charge in [0.2, 0.25) is 0 Å². The van der Waals surface area contributed by atoms with E-state index in [0.29, 0.717) is 12.1 Å². The molecule has 3 rings (SSSR count). The fourth-order valence-electron chi connectivity index (χ4n) is 2.48. The van der Waals surface area contributed by atoms with Gasteiger partial charge in [-0.1, -0.05) is 6.07 Å². The maximum Gasteiger partial charge on any atom is 0.346 e. The van der Waals surface area contributed by atoms with Gasteiger partial charge in [-0.2, -0.15) is 10.4 Å². The third kappa shape index (κ3) is 2.11. The summed E-state index contributed by atoms with van der Waals surface area (Å²) in [5, 5.41) is 13.1. The van der Waals surface area contributed by atoms with E-state index < -0.39 is 5.82 Å². The fourth-order valence-corrected chi connectivity index (χ4v) is 2.48. The van der Waals surface area contributed by atoms with Crippen LogP contribution in [0.15, 0.2) is 23.0 Å². The Balaban J connectivity index is 1.94. The van der Waals surface area contributed by atoms with E-state index >= 15 is 0 Å². The van der Waals surface area contributed by atoms with Crippen LogP contribution in [-0.2, 0) is 19.5 Å². The van der Waals surface area contributed by atoms with Gasteiger partial charge in [0.1, 0.15) is 17.7 Å². The number of fused-ring (bicyclic) bond motifs is 1. The van der Waals surface area contributed by atoms with Crippen LogP contribution in [0.5, 0.6) is 0 Å². The number of benzene rings is 1. The number of hydrogen-bond acceptors (Lipinski definition) is 3. The smallest absolute Gasteiger partial charge is 0.279 e. The Bertz CT molecular complexity index is 754. The second-order valence-electron chi connectivity index (χ2n) is 4.89. The fraction of sp³-hybridized carbons (Fsp3) is 0.357. The van der Waals surface area contributed by atoms with Gasteiger partial charge in [-0.05, 0) is 30.5 Å². The number of aryl methyl sites for hydroxylation is 1. The van der Waals surface area contributed by atoms with Crippen molar-refractivity contribution < 1.29 is 4.39 Å². The molecular formula is C14H13FN4O. The van der Waals surface area contributed by atoms with Crippen LogP contribution in [0.25, 0.3) is 0 Å². The predicted molar refractivity (Wildman–Crippen MR) is 69.6 cm³/mol. The van der Waals surface area contributed by atoms with Gasteiger partial charge in [0, 0.05) is 13.0 Å². The molecule has 1 aliphatic rings. The summed E-state index contributed by atoms with van der Waals surface area (Å²) in [5.41, 5.74) is 0.544. The van der Waals surface area contributed by atoms with Crippen LogP contribution in [0.3, 0.4) is 0 Å². The van der Waals surface area contributed by atoms with Crippen molar-refractivity contribution in [2.24, 2.45) is 0 Å². The standard InChI is InChI=1S/C14H13FN4O/c15-12-5-4-10(7-11(12)8-16)9-19-14(20)18-6-2-1-3-13(18)17-19/h4-5,7H,1-3,6,9H2. The average Bonchev–Trinajstić information content (AvgIpc) is 2.78. The molecule has 0 N–H and O–H groups in total. The summed E-state index contributed by atoms with van der Waals surface area (Å²) in [5.74, 6) is 0.261. The van der Waals surface area contributed by atoms with Crippen molar-refractivity contribution in [2.45, 2.75) is 32.4 Å². The third-order valence-corrected chi connectivity index (χ3v) is 3.52. The van der Waals surface area contributed by atoms with Gasteiger partial charge >= 0.3 is 5.69 Å². The molecule has 20 heavy (non-hydrogen) atoms. The number of nitrogens with zero attached hydrogens (tertiary/aromatic N) is 4. The zero-order valence-corrected chi connectivity index (χ0v) is 10.8. The van der Waals surface area contributed by atoms with Crippen LogP contribution < -0.4 is 5.69 Å². The molecule has 5 nitrogen and oxygen atoms in total. The molecule has 0 saturated heterocycles. The average molecular weight is 272 g/mol. The number of hydrogen-bond donors (Lipinski definition) is 0. The van der Waals surface area contributed by atoms with Gasteiger partial charge < -0.3 is 0 Å². The lowest BCUT2D eigenvalue weighted by Crippen LogP contribution is -2.27. The number of aromatic nitrogens is 3. The summed E-state index contributed by atoms with van der Waals surface area (Å²) >= 11 is 0. The summed E-state index contributed by atoms with van der Waals surface area (Å²) in [4.78, 5) is 12.2. The van der Waals surface area contributed by atoms with E-state index in [1.54, 1.807) is 16.7 Å². The molecule has 0 unspecified atom stereocenters. The highest BCUT2D eigenvalue weighted by atomic mass is 19.1. The zero-order valence-electron chi connectivity index (χ0n) is 10.8. The summed E-state index contributed by atoms with van der Waals surface area (Å²) in [7, 11) is 0. The first kappa shape index (κ1) is 12.6. The first-order valence-electron chi connectivity index (χ1n) is 6.54. The zero-order chi connectivity index (χ0) is 14.1. The molecule has 0 radical (unpaired) electrons. The van der Waals surface area contributed by atoms with Gasteiger partial charge in [-0.3, -0.25) is 4.57 Å². The molecule has 6 heteroatoms. The van der Waals surface area contributed by atoms with Gasteiger partial charge in [0.05, 0.1) is 12.1 Å². The highest BCUT2D eigenvalue weighted by molar-refractivity contribution is 5.34. The number of rotatable bonds is 2. The SMILES string of the molecule is N#Cc1cc(Cn2nc3n(c2=O)CCCC3)ccc1F. The molecular weight excluding hydrogens is 259 g/mol. The summed E-state index contributed by atoms with van der Waals surface area (Å²) in [6, 6.07) is 6.07. The number of halogens is 1. The van der Waals surface area contributed by atoms with Crippen LogP contribution in [0.4, 0.5) is 4.39 Å². The second kappa shape index (κ2) is 4.93. The lowest BCUT2D eigenvalue weighted by atomic mass is 10.1. The van der Waals surface area contributed by atoms with E-state index in [4.69, 9.17) is 5.26 Å². The largest absolute Gasteiger partial charge is 0.346 e. The molecule has 0 fully saturated rings. The Hall–Kier alpha value is -2.42. The van der Waals surface area contributed by atoms with E-state index in [1.807, 2.05) is 0 Å². The first-order valence-corrected chi connectivity index (χ1v) is 6.54. The lowest BCUT2D eigenvalue weighted by Gasteiger charge is -2.09. The highest BCUT2D eigenvalue weighted by Crippen LogP contribution is 2.12. The molecule has 0 atom stereocenters. The predicted octanol–water partition coefficient (Wildman–Crippen LogP) is 1.44.